The van der Waals surface area contributed by atoms with Gasteiger partial charge in [0, 0.05) is 71.3 Å². The van der Waals surface area contributed by atoms with Gasteiger partial charge in [-0.1, -0.05) is 13.3 Å². The fraction of sp³-hybridized carbons (Fsp3) is 0.900. The van der Waals surface area contributed by atoms with Crippen LogP contribution in [0.2, 0.25) is 0 Å². The monoisotopic (exact) mass is 583 g/mol. The highest BCUT2D eigenvalue weighted by Crippen LogP contribution is 2.14. The lowest BCUT2D eigenvalue weighted by atomic mass is 10.1. The smallest absolute Gasteiger partial charge is 0.407 e. The Hall–Kier alpha value is -1.95. The van der Waals surface area contributed by atoms with Crippen LogP contribution in [0.5, 0.6) is 0 Å². The van der Waals surface area contributed by atoms with Gasteiger partial charge in [-0.05, 0) is 65.3 Å². The number of carbonyl (C=O) groups is 3. The van der Waals surface area contributed by atoms with Gasteiger partial charge in [0.15, 0.2) is 0 Å². The molecule has 0 radical (unpaired) electrons. The number of hydrogen-bond donors (Lipinski definition) is 3. The van der Waals surface area contributed by atoms with Crippen LogP contribution in [0, 0.1) is 5.92 Å². The van der Waals surface area contributed by atoms with Crippen LogP contribution < -0.4 is 16.0 Å². The molecule has 0 spiro atoms. The molecule has 0 aromatic heterocycles. The zero-order chi connectivity index (χ0) is 29.9. The standard InChI is InChI=1S/C30H57N5O6/c1-25-11-15-34(23-25)17-22-40-20-14-32-28(37)31-13-7-5-6-9-27(36)10-8-19-39-21-18-35-16-12-26(24-35)33-29(38)41-30(2,3)4/h25-26H,5-24H2,1-4H3,(H,33,38)(H2,31,32,37)/t25-,26-/m1/s1. The van der Waals surface area contributed by atoms with Crippen molar-refractivity contribution in [2.75, 3.05) is 78.8 Å². The van der Waals surface area contributed by atoms with Gasteiger partial charge in [0.2, 0.25) is 0 Å². The van der Waals surface area contributed by atoms with Crippen molar-refractivity contribution in [1.82, 2.24) is 25.8 Å². The van der Waals surface area contributed by atoms with Crippen molar-refractivity contribution in [2.45, 2.75) is 90.7 Å². The molecule has 2 atom stereocenters. The summed E-state index contributed by atoms with van der Waals surface area (Å²) in [6, 6.07) is -0.0564. The van der Waals surface area contributed by atoms with Crippen LogP contribution >= 0.6 is 0 Å². The number of Topliss-reactive ketones (excluding diaryl/α,β-unsaturated/α-hetero) is 1. The average molecular weight is 584 g/mol. The molecule has 238 valence electrons. The lowest BCUT2D eigenvalue weighted by Gasteiger charge is -2.22. The molecule has 0 aliphatic carbocycles. The van der Waals surface area contributed by atoms with Gasteiger partial charge in [-0.25, -0.2) is 9.59 Å². The molecule has 11 nitrogen and oxygen atoms in total. The Balaban J connectivity index is 1.31. The first-order valence-corrected chi connectivity index (χ1v) is 15.7. The predicted molar refractivity (Wildman–Crippen MR) is 160 cm³/mol. The van der Waals surface area contributed by atoms with Crippen LogP contribution in [-0.4, -0.2) is 118 Å². The molecular weight excluding hydrogens is 526 g/mol. The van der Waals surface area contributed by atoms with Crippen LogP contribution in [0.3, 0.4) is 0 Å². The number of ketones is 1. The fourth-order valence-corrected chi connectivity index (χ4v) is 5.07. The number of urea groups is 1. The van der Waals surface area contributed by atoms with Crippen LogP contribution in [0.25, 0.3) is 0 Å². The molecule has 41 heavy (non-hydrogen) atoms. The van der Waals surface area contributed by atoms with Crippen molar-refractivity contribution < 1.29 is 28.6 Å². The zero-order valence-electron chi connectivity index (χ0n) is 26.1. The lowest BCUT2D eigenvalue weighted by molar-refractivity contribution is -0.119. The van der Waals surface area contributed by atoms with Gasteiger partial charge in [0.05, 0.1) is 19.8 Å². The van der Waals surface area contributed by atoms with Gasteiger partial charge < -0.3 is 35.1 Å². The second kappa shape index (κ2) is 20.0. The van der Waals surface area contributed by atoms with E-state index in [4.69, 9.17) is 14.2 Å². The largest absolute Gasteiger partial charge is 0.444 e. The topological polar surface area (TPSA) is 121 Å². The van der Waals surface area contributed by atoms with Gasteiger partial charge in [-0.2, -0.15) is 0 Å². The number of nitrogens with one attached hydrogen (secondary N) is 3. The highest BCUT2D eigenvalue weighted by Gasteiger charge is 2.25. The predicted octanol–water partition coefficient (Wildman–Crippen LogP) is 3.17. The number of alkyl carbamates (subject to hydrolysis) is 1. The van der Waals surface area contributed by atoms with Gasteiger partial charge in [-0.15, -0.1) is 0 Å². The summed E-state index contributed by atoms with van der Waals surface area (Å²) in [5.74, 6) is 1.06. The maximum Gasteiger partial charge on any atom is 0.407 e. The molecule has 2 aliphatic heterocycles. The molecule has 0 aromatic rings. The molecule has 3 N–H and O–H groups in total. The van der Waals surface area contributed by atoms with Crippen molar-refractivity contribution >= 4 is 17.9 Å². The first-order chi connectivity index (χ1) is 19.6. The van der Waals surface area contributed by atoms with E-state index in [2.05, 4.69) is 32.7 Å². The second-order valence-corrected chi connectivity index (χ2v) is 12.5. The van der Waals surface area contributed by atoms with E-state index >= 15 is 0 Å². The molecule has 2 fully saturated rings. The molecule has 0 aromatic carbocycles. The Morgan fingerprint density at radius 1 is 0.780 bits per heavy atom. The average Bonchev–Trinajstić information content (AvgIpc) is 3.52. The maximum atomic E-state index is 12.1. The lowest BCUT2D eigenvalue weighted by Crippen LogP contribution is -2.40. The van der Waals surface area contributed by atoms with Crippen molar-refractivity contribution in [2.24, 2.45) is 5.92 Å². The van der Waals surface area contributed by atoms with E-state index in [0.717, 1.165) is 77.3 Å². The number of ether oxygens (including phenoxy) is 3. The number of carbonyl (C=O) groups excluding carboxylic acids is 3. The number of likely N-dealkylation sites (tertiary alicyclic amines) is 2. The number of rotatable bonds is 20. The Morgan fingerprint density at radius 2 is 1.44 bits per heavy atom. The summed E-state index contributed by atoms with van der Waals surface area (Å²) in [4.78, 5) is 40.6. The molecule has 0 bridgehead atoms. The van der Waals surface area contributed by atoms with E-state index in [1.54, 1.807) is 0 Å². The third-order valence-electron chi connectivity index (χ3n) is 7.30. The highest BCUT2D eigenvalue weighted by atomic mass is 16.6. The number of unbranched alkanes of at least 4 members (excludes halogenated alkanes) is 2. The summed E-state index contributed by atoms with van der Waals surface area (Å²) >= 11 is 0. The highest BCUT2D eigenvalue weighted by molar-refractivity contribution is 5.78. The summed E-state index contributed by atoms with van der Waals surface area (Å²) in [6.07, 6.45) is 6.31. The first kappa shape index (κ1) is 35.2. The SMILES string of the molecule is C[C@@H]1CCN(CCOCCNC(=O)NCCCCCC(=O)CCCOCCN2CC[C@@H](NC(=O)OC(C)(C)C)C2)C1. The molecule has 2 heterocycles. The van der Waals surface area contributed by atoms with E-state index in [1.807, 2.05) is 20.8 Å². The maximum absolute atomic E-state index is 12.1. The van der Waals surface area contributed by atoms with Crippen LogP contribution in [0.1, 0.15) is 79.1 Å². The van der Waals surface area contributed by atoms with Crippen LogP contribution in [-0.2, 0) is 19.0 Å². The fourth-order valence-electron chi connectivity index (χ4n) is 5.07. The van der Waals surface area contributed by atoms with Crippen molar-refractivity contribution in [1.29, 1.82) is 0 Å². The minimum atomic E-state index is -0.490. The third-order valence-corrected chi connectivity index (χ3v) is 7.30. The normalized spacial score (nSPS) is 19.8. The Morgan fingerprint density at radius 3 is 2.15 bits per heavy atom. The van der Waals surface area contributed by atoms with E-state index in [-0.39, 0.29) is 23.9 Å². The van der Waals surface area contributed by atoms with E-state index in [9.17, 15) is 14.4 Å². The van der Waals surface area contributed by atoms with Crippen LogP contribution in [0.15, 0.2) is 0 Å². The van der Waals surface area contributed by atoms with Gasteiger partial charge in [0.1, 0.15) is 11.4 Å². The molecular formula is C30H57N5O6. The molecule has 0 unspecified atom stereocenters. The van der Waals surface area contributed by atoms with E-state index in [0.29, 0.717) is 52.4 Å². The first-order valence-electron chi connectivity index (χ1n) is 15.7. The second-order valence-electron chi connectivity index (χ2n) is 12.5. The Kier molecular flexibility index (Phi) is 17.2. The van der Waals surface area contributed by atoms with Crippen molar-refractivity contribution in [3.63, 3.8) is 0 Å². The quantitative estimate of drug-likeness (QED) is 0.187. The Labute approximate surface area is 247 Å². The zero-order valence-corrected chi connectivity index (χ0v) is 26.1. The minimum Gasteiger partial charge on any atom is -0.444 e. The molecule has 3 amide bonds. The number of hydrogen-bond acceptors (Lipinski definition) is 8. The number of nitrogens with zero attached hydrogens (tertiary/aromatic N) is 2. The van der Waals surface area contributed by atoms with Crippen LogP contribution in [0.4, 0.5) is 9.59 Å². The Bertz CT molecular complexity index is 762. The summed E-state index contributed by atoms with van der Waals surface area (Å²) in [6.45, 7) is 17.2. The third kappa shape index (κ3) is 18.3. The molecule has 2 aliphatic rings. The summed E-state index contributed by atoms with van der Waals surface area (Å²) in [5.41, 5.74) is -0.490. The van der Waals surface area contributed by atoms with Crippen molar-refractivity contribution in [3.05, 3.63) is 0 Å². The molecule has 2 rings (SSSR count). The van der Waals surface area contributed by atoms with Gasteiger partial charge in [0.25, 0.3) is 0 Å². The molecule has 11 heteroatoms. The van der Waals surface area contributed by atoms with E-state index < -0.39 is 5.60 Å². The summed E-state index contributed by atoms with van der Waals surface area (Å²) < 4.78 is 16.7. The molecule has 0 saturated carbocycles. The molecule has 2 saturated heterocycles. The van der Waals surface area contributed by atoms with Gasteiger partial charge in [-0.3, -0.25) is 9.69 Å². The van der Waals surface area contributed by atoms with E-state index in [1.165, 1.54) is 6.42 Å². The van der Waals surface area contributed by atoms with Gasteiger partial charge >= 0.3 is 12.1 Å². The minimum absolute atomic E-state index is 0.110. The summed E-state index contributed by atoms with van der Waals surface area (Å²) in [7, 11) is 0. The summed E-state index contributed by atoms with van der Waals surface area (Å²) in [5, 5.41) is 8.61. The van der Waals surface area contributed by atoms with Crippen molar-refractivity contribution in [3.8, 4) is 0 Å². The number of amides is 3.